The number of hydrogen-bond acceptors (Lipinski definition) is 21. The Morgan fingerprint density at radius 3 is 1.15 bits per heavy atom. The van der Waals surface area contributed by atoms with E-state index in [-0.39, 0.29) is 73.3 Å². The number of benzene rings is 6. The predicted octanol–water partition coefficient (Wildman–Crippen LogP) is 13.6. The molecular weight excluding hydrogens is 1720 g/mol. The summed E-state index contributed by atoms with van der Waals surface area (Å²) in [6.45, 7) is 42.3. The van der Waals surface area contributed by atoms with Gasteiger partial charge in [0.1, 0.15) is 68.8 Å². The molecule has 1 saturated carbocycles. The molecule has 9 aliphatic heterocycles. The number of halogens is 3. The van der Waals surface area contributed by atoms with E-state index in [0.29, 0.717) is 135 Å². The molecule has 10 aliphatic rings. The maximum absolute atomic E-state index is 12.8. The van der Waals surface area contributed by atoms with Gasteiger partial charge in [-0.25, -0.2) is 32.9 Å². The lowest BCUT2D eigenvalue weighted by Gasteiger charge is -2.41. The zero-order valence-corrected chi connectivity index (χ0v) is 78.5. The summed E-state index contributed by atoms with van der Waals surface area (Å²) in [6.07, 6.45) is 18.9. The Balaban J connectivity index is 0.000000142. The fourth-order valence-electron chi connectivity index (χ4n) is 21.2. The first-order valence-corrected chi connectivity index (χ1v) is 48.3. The van der Waals surface area contributed by atoms with Crippen molar-refractivity contribution in [1.82, 2.24) is 59.3 Å². The Morgan fingerprint density at radius 2 is 0.801 bits per heavy atom. The van der Waals surface area contributed by atoms with Crippen molar-refractivity contribution in [2.75, 3.05) is 207 Å². The molecule has 1 aliphatic carbocycles. The smallest absolute Gasteiger partial charge is 0.318 e. The van der Waals surface area contributed by atoms with Gasteiger partial charge >= 0.3 is 18.0 Å². The maximum atomic E-state index is 12.8. The molecule has 136 heavy (non-hydrogen) atoms. The number of likely N-dealkylation sites (tertiary alicyclic amines) is 3. The topological polar surface area (TPSA) is 225 Å². The van der Waals surface area contributed by atoms with E-state index >= 15 is 0 Å². The number of nitrogens with zero attached hydrogens (tertiary/aromatic N) is 21. The van der Waals surface area contributed by atoms with Crippen LogP contribution in [-0.4, -0.2) is 291 Å². The van der Waals surface area contributed by atoms with E-state index in [4.69, 9.17) is 63.8 Å². The zero-order chi connectivity index (χ0) is 94.3. The molecule has 2 unspecified atom stereocenters. The first-order valence-electron chi connectivity index (χ1n) is 48.3. The Kier molecular flexibility index (Phi) is 30.7. The van der Waals surface area contributed by atoms with Crippen molar-refractivity contribution in [1.29, 1.82) is 0 Å². The molecule has 7 fully saturated rings. The van der Waals surface area contributed by atoms with Gasteiger partial charge in [0.2, 0.25) is 43.3 Å². The van der Waals surface area contributed by atoms with E-state index in [2.05, 4.69) is 184 Å². The van der Waals surface area contributed by atoms with Crippen LogP contribution in [0.1, 0.15) is 102 Å². The van der Waals surface area contributed by atoms with Crippen molar-refractivity contribution in [3.05, 3.63) is 230 Å². The van der Waals surface area contributed by atoms with Crippen molar-refractivity contribution < 1.29 is 46.6 Å². The van der Waals surface area contributed by atoms with Crippen LogP contribution in [0.25, 0.3) is 46.9 Å². The van der Waals surface area contributed by atoms with Gasteiger partial charge < -0.3 is 77.7 Å². The third kappa shape index (κ3) is 21.7. The SMILES string of the molecule is [C-]#[N+]C[C@H]1CN(c2nc(OCC3CC(=O)N(C)C3)nc3c2CCN(c2cccc4cccc(C)c24)C3)CCN1C(=O)/C=C/CF.[C-]#[N+]C[C@H]1CN(c2nc(OCC3CCN3C3CC3)nc3c2CCN(c2cccc4cccc(C)c24)C3)CCN1C(=O)/C=C/CF.[C-]#[N+]C[C@H]1CN(c2nc(OCCN3CCCCCC3)nc3c2CCN(c2cccc4cccc(C)c24)C3)CCN1C(=O)/C=C/CF. The van der Waals surface area contributed by atoms with Crippen molar-refractivity contribution in [3.63, 3.8) is 0 Å². The van der Waals surface area contributed by atoms with Crippen LogP contribution in [0, 0.1) is 46.4 Å². The molecule has 6 aromatic carbocycles. The number of allylic oxidation sites excluding steroid dienone is 3. The van der Waals surface area contributed by atoms with Crippen molar-refractivity contribution in [2.45, 2.75) is 141 Å². The van der Waals surface area contributed by atoms with Crippen LogP contribution in [0.3, 0.4) is 0 Å². The third-order valence-corrected chi connectivity index (χ3v) is 28.3. The first-order chi connectivity index (χ1) is 66.4. The highest BCUT2D eigenvalue weighted by molar-refractivity contribution is 5.99. The molecule has 0 radical (unpaired) electrons. The fourth-order valence-corrected chi connectivity index (χ4v) is 21.2. The normalized spacial score (nSPS) is 20.4. The highest BCUT2D eigenvalue weighted by atomic mass is 19.1. The van der Waals surface area contributed by atoms with Crippen molar-refractivity contribution >= 4 is 90.5 Å². The number of carbonyl (C=O) groups excluding carboxylic acids is 4. The molecule has 0 bridgehead atoms. The van der Waals surface area contributed by atoms with E-state index in [0.717, 1.165) is 128 Å². The number of aromatic nitrogens is 6. The van der Waals surface area contributed by atoms with Crippen LogP contribution in [0.5, 0.6) is 18.0 Å². The number of aryl methyl sites for hydroxylation is 3. The largest absolute Gasteiger partial charge is 0.463 e. The summed E-state index contributed by atoms with van der Waals surface area (Å²) >= 11 is 0. The van der Waals surface area contributed by atoms with Crippen LogP contribution < -0.4 is 43.6 Å². The standard InChI is InChI=1S/C36H44FN7O2.C35H40FN7O2.C34H38FN7O3/c1-27-10-7-11-28-12-8-13-32(34(27)28)42-19-15-30-31(26-42)39-36(46-23-22-41-17-5-3-4-6-18-41)40-35(30)43-20-21-44(29(25-43)24-38-2)33(45)14-9-16-37;1-24-6-3-7-25-8-4-9-31(33(24)25)40-16-14-29-30(22-40)38-35(45-23-27-13-17-42(27)26-11-12-26)39-34(29)41-18-19-43(28(21-41)20-37-2)32(44)10-5-15-36;1-23-7-4-8-25-9-5-10-29(32(23)25)40-14-12-27-28(21-40)37-34(45-22-24-17-31(44)39(3)19-24)38-33(27)41-15-16-42(26(20-41)18-36-2)30(43)11-6-13-35/h7-14,29H,3-6,15-26H2,1H3;3-10,26-28H,11-23H2,1H3;4-11,24,26H,12-22H2,1,3H3/b14-9+;10-5+;11-6+/t29-;27?,28-;24?,26-/m000/s1. The molecule has 0 N–H and O–H groups in total. The Bertz CT molecular complexity index is 6050. The van der Waals surface area contributed by atoms with E-state index in [1.54, 1.807) is 26.6 Å². The van der Waals surface area contributed by atoms with E-state index in [1.807, 2.05) is 0 Å². The van der Waals surface area contributed by atoms with Crippen LogP contribution in [0.15, 0.2) is 146 Å². The van der Waals surface area contributed by atoms with Crippen molar-refractivity contribution in [2.24, 2.45) is 5.92 Å². The number of rotatable bonds is 26. The van der Waals surface area contributed by atoms with Crippen LogP contribution in [0.4, 0.5) is 47.7 Å². The summed E-state index contributed by atoms with van der Waals surface area (Å²) < 4.78 is 57.0. The Labute approximate surface area is 794 Å². The molecule has 9 aromatic rings. The van der Waals surface area contributed by atoms with Gasteiger partial charge in [0.15, 0.2) is 0 Å². The molecule has 6 saturated heterocycles. The molecule has 4 amide bonds. The highest BCUT2D eigenvalue weighted by Crippen LogP contribution is 2.42. The molecule has 5 atom stereocenters. The summed E-state index contributed by atoms with van der Waals surface area (Å²) in [5.41, 5.74) is 13.4. The Hall–Kier alpha value is -13.2. The predicted molar refractivity (Wildman–Crippen MR) is 525 cm³/mol. The lowest BCUT2D eigenvalue weighted by atomic mass is 9.99. The van der Waals surface area contributed by atoms with Gasteiger partial charge in [-0.05, 0) is 155 Å². The molecular formula is C105H122F3N21O7. The summed E-state index contributed by atoms with van der Waals surface area (Å²) in [4.78, 5) is 117. The van der Waals surface area contributed by atoms with E-state index < -0.39 is 20.0 Å². The van der Waals surface area contributed by atoms with Gasteiger partial charge in [-0.2, -0.15) is 29.9 Å². The number of anilines is 6. The van der Waals surface area contributed by atoms with Crippen LogP contribution in [-0.2, 0) is 58.1 Å². The Morgan fingerprint density at radius 1 is 0.426 bits per heavy atom. The summed E-state index contributed by atoms with van der Waals surface area (Å²) in [5, 5.41) is 7.41. The number of amides is 4. The van der Waals surface area contributed by atoms with E-state index in [9.17, 15) is 32.3 Å². The molecule has 710 valence electrons. The fraction of sp³-hybridized carbons (Fsp3) is 0.476. The lowest BCUT2D eigenvalue weighted by Crippen LogP contribution is -2.56. The van der Waals surface area contributed by atoms with Crippen molar-refractivity contribution in [3.8, 4) is 18.0 Å². The second kappa shape index (κ2) is 44.1. The molecule has 12 heterocycles. The molecule has 19 rings (SSSR count). The third-order valence-electron chi connectivity index (χ3n) is 28.3. The van der Waals surface area contributed by atoms with Gasteiger partial charge in [-0.3, -0.25) is 29.0 Å². The van der Waals surface area contributed by atoms with Gasteiger partial charge in [0.05, 0.1) is 43.3 Å². The number of ether oxygens (including phenoxy) is 3. The highest BCUT2D eigenvalue weighted by Gasteiger charge is 2.43. The number of piperazine rings is 3. The minimum atomic E-state index is -0.713. The number of alkyl halides is 3. The summed E-state index contributed by atoms with van der Waals surface area (Å²) in [7, 11) is 1.80. The maximum Gasteiger partial charge on any atom is 0.318 e. The second-order valence-corrected chi connectivity index (χ2v) is 37.2. The molecule has 28 nitrogen and oxygen atoms in total. The number of hydrogen-bond donors (Lipinski definition) is 0. The average Bonchev–Trinajstić information content (AvgIpc) is 1.22. The quantitative estimate of drug-likeness (QED) is 0.0363. The second-order valence-electron chi connectivity index (χ2n) is 37.2. The first kappa shape index (κ1) is 94.6. The van der Waals surface area contributed by atoms with Crippen LogP contribution >= 0.6 is 0 Å². The molecule has 3 aromatic heterocycles. The molecule has 0 spiro atoms. The minimum Gasteiger partial charge on any atom is -0.463 e. The summed E-state index contributed by atoms with van der Waals surface area (Å²) in [6, 6.07) is 39.8. The monoisotopic (exact) mass is 1850 g/mol. The van der Waals surface area contributed by atoms with Crippen LogP contribution in [0.2, 0.25) is 0 Å². The zero-order valence-electron chi connectivity index (χ0n) is 78.5. The number of carbonyl (C=O) groups is 4. The van der Waals surface area contributed by atoms with Gasteiger partial charge in [0.25, 0.3) is 0 Å². The lowest BCUT2D eigenvalue weighted by molar-refractivity contribution is -0.129. The average molecular weight is 1850 g/mol. The molecule has 31 heteroatoms. The van der Waals surface area contributed by atoms with Gasteiger partial charge in [-0.1, -0.05) is 104 Å². The summed E-state index contributed by atoms with van der Waals surface area (Å²) in [5.74, 6) is 1.83. The van der Waals surface area contributed by atoms with Gasteiger partial charge in [0, 0.05) is 198 Å². The number of fused-ring (bicyclic) bond motifs is 6. The van der Waals surface area contributed by atoms with Gasteiger partial charge in [-0.15, -0.1) is 0 Å². The van der Waals surface area contributed by atoms with E-state index in [1.165, 1.54) is 135 Å². The minimum absolute atomic E-state index is 0.0655.